The first-order valence-electron chi connectivity index (χ1n) is 13.2. The average molecular weight is 531 g/mol. The van der Waals surface area contributed by atoms with Gasteiger partial charge < -0.3 is 19.3 Å². The Labute approximate surface area is 222 Å². The molecule has 8 heteroatoms. The van der Waals surface area contributed by atoms with Gasteiger partial charge in [-0.25, -0.2) is 9.59 Å². The van der Waals surface area contributed by atoms with Gasteiger partial charge in [0.15, 0.2) is 11.8 Å². The lowest BCUT2D eigenvalue weighted by Gasteiger charge is -2.60. The Kier molecular flexibility index (Phi) is 6.90. The van der Waals surface area contributed by atoms with Gasteiger partial charge >= 0.3 is 12.1 Å². The third kappa shape index (κ3) is 4.19. The summed E-state index contributed by atoms with van der Waals surface area (Å²) in [7, 11) is 0. The number of halogens is 1. The van der Waals surface area contributed by atoms with E-state index in [1.807, 2.05) is 37.3 Å². The number of carbonyl (C=O) groups excluding carboxylic acids is 3. The van der Waals surface area contributed by atoms with E-state index in [2.05, 4.69) is 6.92 Å². The normalized spacial score (nSPS) is 38.5. The van der Waals surface area contributed by atoms with E-state index in [1.54, 1.807) is 6.08 Å². The van der Waals surface area contributed by atoms with Crippen molar-refractivity contribution >= 4 is 29.5 Å². The van der Waals surface area contributed by atoms with Crippen LogP contribution in [0.4, 0.5) is 4.79 Å². The number of benzene rings is 1. The molecule has 1 aromatic carbocycles. The molecule has 7 nitrogen and oxygen atoms in total. The first-order chi connectivity index (χ1) is 17.6. The van der Waals surface area contributed by atoms with Crippen LogP contribution >= 0.6 is 11.6 Å². The molecule has 2 unspecified atom stereocenters. The monoisotopic (exact) mass is 530 g/mol. The second kappa shape index (κ2) is 9.73. The minimum absolute atomic E-state index is 0.0138. The van der Waals surface area contributed by atoms with Gasteiger partial charge in [-0.2, -0.15) is 0 Å². The molecule has 3 fully saturated rings. The molecule has 0 saturated heterocycles. The third-order valence-corrected chi connectivity index (χ3v) is 10.1. The molecule has 0 radical (unpaired) electrons. The summed E-state index contributed by atoms with van der Waals surface area (Å²) < 4.78 is 16.6. The first-order valence-corrected chi connectivity index (χ1v) is 13.7. The molecule has 0 aliphatic heterocycles. The minimum Gasteiger partial charge on any atom is -0.446 e. The molecule has 0 heterocycles. The Morgan fingerprint density at radius 2 is 1.84 bits per heavy atom. The predicted octanol–water partition coefficient (Wildman–Crippen LogP) is 5.32. The molecule has 1 N–H and O–H groups in total. The largest absolute Gasteiger partial charge is 0.509 e. The molecular formula is C29H35ClO7. The number of rotatable bonds is 5. The number of ketones is 1. The zero-order valence-corrected chi connectivity index (χ0v) is 22.2. The van der Waals surface area contributed by atoms with Crippen LogP contribution in [0, 0.1) is 28.6 Å². The highest BCUT2D eigenvalue weighted by Gasteiger charge is 2.71. The number of esters is 1. The van der Waals surface area contributed by atoms with Crippen LogP contribution < -0.4 is 0 Å². The summed E-state index contributed by atoms with van der Waals surface area (Å²) in [6.45, 7) is 4.12. The lowest BCUT2D eigenvalue weighted by molar-refractivity contribution is -0.202. The van der Waals surface area contributed by atoms with Crippen molar-refractivity contribution in [2.75, 3.05) is 6.07 Å². The van der Waals surface area contributed by atoms with Crippen LogP contribution in [-0.2, 0) is 30.4 Å². The number of ether oxygens (including phenoxy) is 3. The number of fused-ring (bicyclic) bond motifs is 5. The number of alkyl halides is 1. The summed E-state index contributed by atoms with van der Waals surface area (Å²) in [6, 6.07) is 8.87. The molecule has 0 aromatic heterocycles. The SMILES string of the molecule is C[C@]12CCC(=O)C=C1CC[C@@H]1[C@H]2C(O)C[C@@]2(C)[C@H]1CCC2(OC(=O)OCc1ccccc1)C(=O)OCCl. The van der Waals surface area contributed by atoms with Crippen LogP contribution in [0.3, 0.4) is 0 Å². The second-order valence-electron chi connectivity index (χ2n) is 11.6. The van der Waals surface area contributed by atoms with Crippen molar-refractivity contribution < 1.29 is 33.7 Å². The van der Waals surface area contributed by atoms with Crippen LogP contribution in [0.5, 0.6) is 0 Å². The molecule has 0 spiro atoms. The average Bonchev–Trinajstić information content (AvgIpc) is 3.16. The van der Waals surface area contributed by atoms with Crippen molar-refractivity contribution in [2.24, 2.45) is 28.6 Å². The Balaban J connectivity index is 1.44. The third-order valence-electron chi connectivity index (χ3n) is 9.99. The smallest absolute Gasteiger partial charge is 0.446 e. The van der Waals surface area contributed by atoms with E-state index in [0.29, 0.717) is 12.8 Å². The van der Waals surface area contributed by atoms with Crippen molar-refractivity contribution in [2.45, 2.75) is 77.1 Å². The van der Waals surface area contributed by atoms with E-state index >= 15 is 0 Å². The minimum atomic E-state index is -1.61. The summed E-state index contributed by atoms with van der Waals surface area (Å²) in [5.41, 5.74) is -0.779. The maximum absolute atomic E-state index is 13.5. The van der Waals surface area contributed by atoms with E-state index in [9.17, 15) is 19.5 Å². The van der Waals surface area contributed by atoms with Crippen molar-refractivity contribution in [3.63, 3.8) is 0 Å². The van der Waals surface area contributed by atoms with Gasteiger partial charge in [0, 0.05) is 11.8 Å². The van der Waals surface area contributed by atoms with Crippen LogP contribution in [0.1, 0.15) is 64.4 Å². The van der Waals surface area contributed by atoms with Gasteiger partial charge in [-0.15, -0.1) is 0 Å². The van der Waals surface area contributed by atoms with E-state index in [-0.39, 0.29) is 54.5 Å². The Morgan fingerprint density at radius 1 is 1.08 bits per heavy atom. The van der Waals surface area contributed by atoms with Crippen molar-refractivity contribution in [1.29, 1.82) is 0 Å². The van der Waals surface area contributed by atoms with Gasteiger partial charge in [-0.1, -0.05) is 61.4 Å². The van der Waals surface area contributed by atoms with Crippen molar-refractivity contribution in [3.8, 4) is 0 Å². The second-order valence-corrected chi connectivity index (χ2v) is 11.8. The number of carbonyl (C=O) groups is 3. The zero-order valence-electron chi connectivity index (χ0n) is 21.4. The number of aliphatic hydroxyl groups is 1. The van der Waals surface area contributed by atoms with E-state index in [0.717, 1.165) is 30.4 Å². The molecular weight excluding hydrogens is 496 g/mol. The van der Waals surface area contributed by atoms with E-state index in [1.165, 1.54) is 0 Å². The summed E-state index contributed by atoms with van der Waals surface area (Å²) >= 11 is 5.78. The standard InChI is InChI=1S/C29H35ClO7/c1-27-12-10-20(31)14-19(27)8-9-21-22-11-13-29(25(33)36-17-30,28(22,2)15-23(32)24(21)27)37-26(34)35-16-18-6-4-3-5-7-18/h3-7,14,21-24,32H,8-13,15-17H2,1-2H3/t21-,22-,23?,24-,27-,28-,29?/m0/s1. The fourth-order valence-electron chi connectivity index (χ4n) is 8.27. The Morgan fingerprint density at radius 3 is 2.57 bits per heavy atom. The lowest BCUT2D eigenvalue weighted by Crippen LogP contribution is -2.63. The fourth-order valence-corrected chi connectivity index (χ4v) is 8.37. The molecule has 37 heavy (non-hydrogen) atoms. The molecule has 0 amide bonds. The highest BCUT2D eigenvalue weighted by atomic mass is 35.5. The molecule has 4 aliphatic rings. The van der Waals surface area contributed by atoms with E-state index < -0.39 is 29.2 Å². The van der Waals surface area contributed by atoms with Crippen molar-refractivity contribution in [1.82, 2.24) is 0 Å². The van der Waals surface area contributed by atoms with Crippen molar-refractivity contribution in [3.05, 3.63) is 47.5 Å². The summed E-state index contributed by atoms with van der Waals surface area (Å²) in [4.78, 5) is 38.6. The van der Waals surface area contributed by atoms with Gasteiger partial charge in [-0.3, -0.25) is 4.79 Å². The molecule has 1 aromatic rings. The first kappa shape index (κ1) is 26.2. The number of hydrogen-bond acceptors (Lipinski definition) is 7. The molecule has 5 rings (SSSR count). The lowest BCUT2D eigenvalue weighted by atomic mass is 9.45. The summed E-state index contributed by atoms with van der Waals surface area (Å²) in [6.07, 6.45) is 4.15. The number of allylic oxidation sites excluding steroid dienone is 1. The highest BCUT2D eigenvalue weighted by molar-refractivity contribution is 6.17. The molecule has 200 valence electrons. The molecule has 0 bridgehead atoms. The van der Waals surface area contributed by atoms with Crippen LogP contribution in [-0.4, -0.2) is 40.8 Å². The van der Waals surface area contributed by atoms with E-state index in [4.69, 9.17) is 25.8 Å². The Bertz CT molecular complexity index is 1100. The summed E-state index contributed by atoms with van der Waals surface area (Å²) in [5.74, 6) is -0.406. The zero-order chi connectivity index (χ0) is 26.4. The molecule has 4 aliphatic carbocycles. The van der Waals surface area contributed by atoms with Gasteiger partial charge in [0.05, 0.1) is 6.10 Å². The number of aliphatic hydroxyl groups excluding tert-OH is 1. The quantitative estimate of drug-likeness (QED) is 0.406. The highest BCUT2D eigenvalue weighted by Crippen LogP contribution is 2.68. The molecule has 7 atom stereocenters. The molecule has 3 saturated carbocycles. The fraction of sp³-hybridized carbons (Fsp3) is 0.621. The van der Waals surface area contributed by atoms with Crippen LogP contribution in [0.25, 0.3) is 0 Å². The van der Waals surface area contributed by atoms with Crippen LogP contribution in [0.15, 0.2) is 42.0 Å². The summed E-state index contributed by atoms with van der Waals surface area (Å²) in [5, 5.41) is 11.7. The topological polar surface area (TPSA) is 99.1 Å². The predicted molar refractivity (Wildman–Crippen MR) is 135 cm³/mol. The van der Waals surface area contributed by atoms with Crippen LogP contribution in [0.2, 0.25) is 0 Å². The van der Waals surface area contributed by atoms with Gasteiger partial charge in [-0.05, 0) is 73.3 Å². The maximum atomic E-state index is 13.5. The number of hydrogen-bond donors (Lipinski definition) is 1. The van der Waals surface area contributed by atoms with Gasteiger partial charge in [0.25, 0.3) is 0 Å². The Hall–Kier alpha value is -2.38. The van der Waals surface area contributed by atoms with Gasteiger partial charge in [0.1, 0.15) is 6.61 Å². The van der Waals surface area contributed by atoms with Gasteiger partial charge in [0.2, 0.25) is 5.60 Å². The maximum Gasteiger partial charge on any atom is 0.509 e.